The van der Waals surface area contributed by atoms with E-state index in [0.29, 0.717) is 13.1 Å². The second-order valence-electron chi connectivity index (χ2n) is 7.82. The van der Waals surface area contributed by atoms with E-state index in [1.54, 1.807) is 11.0 Å². The van der Waals surface area contributed by atoms with Crippen molar-refractivity contribution >= 4 is 11.8 Å². The topological polar surface area (TPSA) is 75.4 Å². The lowest BCUT2D eigenvalue weighted by molar-refractivity contribution is -0.137. The molecular formula is C19H28FN3O2. The number of amides is 2. The van der Waals surface area contributed by atoms with Crippen LogP contribution < -0.4 is 11.1 Å². The van der Waals surface area contributed by atoms with Crippen LogP contribution in [0.2, 0.25) is 0 Å². The predicted molar refractivity (Wildman–Crippen MR) is 95.4 cm³/mol. The zero-order valence-electron chi connectivity index (χ0n) is 15.4. The molecule has 0 aliphatic carbocycles. The molecule has 2 amide bonds. The Hall–Kier alpha value is -1.95. The van der Waals surface area contributed by atoms with Gasteiger partial charge in [-0.25, -0.2) is 4.39 Å². The first-order chi connectivity index (χ1) is 11.6. The van der Waals surface area contributed by atoms with Crippen LogP contribution in [0.1, 0.15) is 44.5 Å². The zero-order chi connectivity index (χ0) is 18.8. The minimum absolute atomic E-state index is 0.0436. The molecule has 2 unspecified atom stereocenters. The number of hydrogen-bond acceptors (Lipinski definition) is 3. The Morgan fingerprint density at radius 2 is 1.96 bits per heavy atom. The summed E-state index contributed by atoms with van der Waals surface area (Å²) in [5, 5.41) is 2.71. The molecule has 0 saturated carbocycles. The maximum atomic E-state index is 13.8. The summed E-state index contributed by atoms with van der Waals surface area (Å²) in [7, 11) is 0. The van der Waals surface area contributed by atoms with Gasteiger partial charge in [0.25, 0.3) is 5.91 Å². The molecule has 0 spiro atoms. The number of rotatable bonds is 4. The van der Waals surface area contributed by atoms with Gasteiger partial charge in [0.05, 0.1) is 5.56 Å². The number of carbonyl (C=O) groups is 2. The minimum atomic E-state index is -0.697. The largest absolute Gasteiger partial charge is 0.340 e. The van der Waals surface area contributed by atoms with Gasteiger partial charge < -0.3 is 16.0 Å². The Morgan fingerprint density at radius 1 is 1.32 bits per heavy atom. The number of likely N-dealkylation sites (tertiary alicyclic amines) is 1. The van der Waals surface area contributed by atoms with Crippen molar-refractivity contribution < 1.29 is 14.0 Å². The number of nitrogens with one attached hydrogen (secondary N) is 1. The molecular weight excluding hydrogens is 321 g/mol. The molecule has 1 saturated heterocycles. The van der Waals surface area contributed by atoms with Crippen molar-refractivity contribution in [2.45, 2.75) is 46.2 Å². The molecule has 25 heavy (non-hydrogen) atoms. The summed E-state index contributed by atoms with van der Waals surface area (Å²) >= 11 is 0. The molecule has 0 aromatic heterocycles. The van der Waals surface area contributed by atoms with Crippen LogP contribution >= 0.6 is 0 Å². The summed E-state index contributed by atoms with van der Waals surface area (Å²) in [6.45, 7) is 8.93. The molecule has 3 N–H and O–H groups in total. The Morgan fingerprint density at radius 3 is 2.52 bits per heavy atom. The molecule has 1 aromatic rings. The van der Waals surface area contributed by atoms with E-state index >= 15 is 0 Å². The Balaban J connectivity index is 2.14. The van der Waals surface area contributed by atoms with E-state index in [2.05, 4.69) is 5.32 Å². The third-order valence-corrected chi connectivity index (χ3v) is 4.96. The molecule has 1 aliphatic rings. The molecule has 2 atom stereocenters. The van der Waals surface area contributed by atoms with E-state index in [0.717, 1.165) is 6.42 Å². The van der Waals surface area contributed by atoms with Crippen molar-refractivity contribution in [3.05, 3.63) is 35.6 Å². The molecule has 5 nitrogen and oxygen atoms in total. The summed E-state index contributed by atoms with van der Waals surface area (Å²) in [4.78, 5) is 27.1. The SMILES string of the molecule is CC(C)C(NC(=O)c1ccccc1F)C(=O)N1CCC(N)C(C)(C)C1. The maximum absolute atomic E-state index is 13.8. The summed E-state index contributed by atoms with van der Waals surface area (Å²) < 4.78 is 13.8. The van der Waals surface area contributed by atoms with Gasteiger partial charge >= 0.3 is 0 Å². The van der Waals surface area contributed by atoms with Gasteiger partial charge in [-0.3, -0.25) is 9.59 Å². The van der Waals surface area contributed by atoms with Gasteiger partial charge in [0, 0.05) is 19.1 Å². The van der Waals surface area contributed by atoms with Crippen molar-refractivity contribution in [2.24, 2.45) is 17.1 Å². The molecule has 1 aliphatic heterocycles. The predicted octanol–water partition coefficient (Wildman–Crippen LogP) is 2.17. The number of benzene rings is 1. The quantitative estimate of drug-likeness (QED) is 0.875. The molecule has 1 fully saturated rings. The number of carbonyl (C=O) groups excluding carboxylic acids is 2. The second kappa shape index (κ2) is 7.52. The highest BCUT2D eigenvalue weighted by Gasteiger charge is 2.38. The Kier molecular flexibility index (Phi) is 5.83. The fourth-order valence-electron chi connectivity index (χ4n) is 3.14. The van der Waals surface area contributed by atoms with Crippen molar-refractivity contribution in [2.75, 3.05) is 13.1 Å². The average Bonchev–Trinajstić information content (AvgIpc) is 2.54. The summed E-state index contributed by atoms with van der Waals surface area (Å²) in [6, 6.07) is 5.11. The van der Waals surface area contributed by atoms with E-state index < -0.39 is 17.8 Å². The van der Waals surface area contributed by atoms with Crippen molar-refractivity contribution in [1.82, 2.24) is 10.2 Å². The molecule has 2 rings (SSSR count). The summed E-state index contributed by atoms with van der Waals surface area (Å²) in [5.74, 6) is -1.42. The average molecular weight is 349 g/mol. The van der Waals surface area contributed by atoms with Crippen LogP contribution in [0.15, 0.2) is 24.3 Å². The number of halogens is 1. The van der Waals surface area contributed by atoms with Crippen LogP contribution in [0.5, 0.6) is 0 Å². The highest BCUT2D eigenvalue weighted by Crippen LogP contribution is 2.28. The van der Waals surface area contributed by atoms with Gasteiger partial charge in [-0.1, -0.05) is 39.8 Å². The third-order valence-electron chi connectivity index (χ3n) is 4.96. The van der Waals surface area contributed by atoms with Crippen molar-refractivity contribution in [1.29, 1.82) is 0 Å². The van der Waals surface area contributed by atoms with Gasteiger partial charge in [-0.2, -0.15) is 0 Å². The summed E-state index contributed by atoms with van der Waals surface area (Å²) in [5.41, 5.74) is 5.91. The Labute approximate surface area is 148 Å². The van der Waals surface area contributed by atoms with E-state index in [1.165, 1.54) is 18.2 Å². The normalized spacial score (nSPS) is 21.1. The molecule has 6 heteroatoms. The fraction of sp³-hybridized carbons (Fsp3) is 0.579. The Bertz CT molecular complexity index is 645. The molecule has 0 radical (unpaired) electrons. The lowest BCUT2D eigenvalue weighted by atomic mass is 9.79. The standard InChI is InChI=1S/C19H28FN3O2/c1-12(2)16(22-17(24)13-7-5-6-8-14(13)20)18(25)23-10-9-15(21)19(3,4)11-23/h5-8,12,15-16H,9-11,21H2,1-4H3,(H,22,24). The highest BCUT2D eigenvalue weighted by atomic mass is 19.1. The van der Waals surface area contributed by atoms with Gasteiger partial charge in [0.1, 0.15) is 11.9 Å². The first kappa shape index (κ1) is 19.4. The lowest BCUT2D eigenvalue weighted by Crippen LogP contribution is -2.59. The number of piperidine rings is 1. The monoisotopic (exact) mass is 349 g/mol. The van der Waals surface area contributed by atoms with Gasteiger partial charge in [-0.05, 0) is 29.9 Å². The van der Waals surface area contributed by atoms with Gasteiger partial charge in [0.2, 0.25) is 5.91 Å². The van der Waals surface area contributed by atoms with E-state index in [1.807, 2.05) is 27.7 Å². The molecule has 0 bridgehead atoms. The molecule has 1 aromatic carbocycles. The third kappa shape index (κ3) is 4.37. The van der Waals surface area contributed by atoms with E-state index in [-0.39, 0.29) is 28.8 Å². The van der Waals surface area contributed by atoms with Crippen LogP contribution in [0.3, 0.4) is 0 Å². The van der Waals surface area contributed by atoms with Crippen LogP contribution in [-0.4, -0.2) is 41.9 Å². The first-order valence-electron chi connectivity index (χ1n) is 8.73. The summed E-state index contributed by atoms with van der Waals surface area (Å²) in [6.07, 6.45) is 0.727. The highest BCUT2D eigenvalue weighted by molar-refractivity contribution is 5.97. The van der Waals surface area contributed by atoms with Crippen molar-refractivity contribution in [3.63, 3.8) is 0 Å². The first-order valence-corrected chi connectivity index (χ1v) is 8.73. The lowest BCUT2D eigenvalue weighted by Gasteiger charge is -2.44. The maximum Gasteiger partial charge on any atom is 0.254 e. The minimum Gasteiger partial charge on any atom is -0.340 e. The zero-order valence-corrected chi connectivity index (χ0v) is 15.4. The number of nitrogens with zero attached hydrogens (tertiary/aromatic N) is 1. The molecule has 138 valence electrons. The van der Waals surface area contributed by atoms with Crippen LogP contribution in [0, 0.1) is 17.2 Å². The van der Waals surface area contributed by atoms with E-state index in [9.17, 15) is 14.0 Å². The van der Waals surface area contributed by atoms with Crippen LogP contribution in [0.4, 0.5) is 4.39 Å². The van der Waals surface area contributed by atoms with Crippen LogP contribution in [-0.2, 0) is 4.79 Å². The van der Waals surface area contributed by atoms with Crippen LogP contribution in [0.25, 0.3) is 0 Å². The van der Waals surface area contributed by atoms with Gasteiger partial charge in [0.15, 0.2) is 0 Å². The second-order valence-corrected chi connectivity index (χ2v) is 7.82. The number of hydrogen-bond donors (Lipinski definition) is 2. The van der Waals surface area contributed by atoms with Gasteiger partial charge in [-0.15, -0.1) is 0 Å². The van der Waals surface area contributed by atoms with E-state index in [4.69, 9.17) is 5.73 Å². The fourth-order valence-corrected chi connectivity index (χ4v) is 3.14. The number of nitrogens with two attached hydrogens (primary N) is 1. The smallest absolute Gasteiger partial charge is 0.254 e. The molecule has 1 heterocycles. The van der Waals surface area contributed by atoms with Crippen molar-refractivity contribution in [3.8, 4) is 0 Å².